The lowest BCUT2D eigenvalue weighted by Gasteiger charge is -1.89. The van der Waals surface area contributed by atoms with Crippen molar-refractivity contribution in [2.24, 2.45) is 0 Å². The van der Waals surface area contributed by atoms with E-state index in [4.69, 9.17) is 8.94 Å². The first-order chi connectivity index (χ1) is 9.33. The average Bonchev–Trinajstić information content (AvgIpc) is 3.10. The molecule has 0 bridgehead atoms. The first kappa shape index (κ1) is 10.4. The van der Waals surface area contributed by atoms with Crippen molar-refractivity contribution in [1.82, 2.24) is 24.5 Å². The summed E-state index contributed by atoms with van der Waals surface area (Å²) >= 11 is 1.56. The van der Waals surface area contributed by atoms with Crippen molar-refractivity contribution in [3.05, 3.63) is 30.0 Å². The predicted octanol–water partition coefficient (Wildman–Crippen LogP) is 2.41. The summed E-state index contributed by atoms with van der Waals surface area (Å²) in [5.41, 5.74) is 1.54. The highest BCUT2D eigenvalue weighted by Gasteiger charge is 2.18. The topological polar surface area (TPSA) is 82.2 Å². The molecule has 4 aromatic rings. The number of rotatable bonds is 2. The van der Waals surface area contributed by atoms with Gasteiger partial charge < -0.3 is 8.94 Å². The van der Waals surface area contributed by atoms with Crippen LogP contribution in [0.1, 0.15) is 5.69 Å². The van der Waals surface area contributed by atoms with Gasteiger partial charge in [0.1, 0.15) is 16.9 Å². The van der Waals surface area contributed by atoms with Crippen LogP contribution in [0.25, 0.3) is 28.0 Å². The number of thiazole rings is 1. The Labute approximate surface area is 110 Å². The van der Waals surface area contributed by atoms with Crippen molar-refractivity contribution in [1.29, 1.82) is 0 Å². The maximum absolute atomic E-state index is 5.27. The number of oxazole rings is 1. The van der Waals surface area contributed by atoms with Gasteiger partial charge in [-0.15, -0.1) is 11.3 Å². The molecule has 0 radical (unpaired) electrons. The SMILES string of the molecule is Cc1ncoc1-c1noc(-c2csc3cncn23)n1. The van der Waals surface area contributed by atoms with Crippen LogP contribution in [0.3, 0.4) is 0 Å². The van der Waals surface area contributed by atoms with Gasteiger partial charge in [0.15, 0.2) is 12.2 Å². The van der Waals surface area contributed by atoms with Crippen LogP contribution in [-0.4, -0.2) is 24.5 Å². The van der Waals surface area contributed by atoms with Gasteiger partial charge in [-0.1, -0.05) is 5.16 Å². The third kappa shape index (κ3) is 1.50. The van der Waals surface area contributed by atoms with Gasteiger partial charge in [-0.05, 0) is 6.92 Å². The van der Waals surface area contributed by atoms with E-state index in [0.29, 0.717) is 17.5 Å². The molecule has 0 aliphatic carbocycles. The smallest absolute Gasteiger partial charge is 0.276 e. The second-order valence-corrected chi connectivity index (χ2v) is 4.80. The van der Waals surface area contributed by atoms with E-state index < -0.39 is 0 Å². The minimum absolute atomic E-state index is 0.393. The Morgan fingerprint density at radius 2 is 2.32 bits per heavy atom. The molecule has 4 rings (SSSR count). The lowest BCUT2D eigenvalue weighted by atomic mass is 10.3. The molecule has 0 aliphatic heterocycles. The normalized spacial score (nSPS) is 11.4. The van der Waals surface area contributed by atoms with E-state index in [1.807, 2.05) is 16.7 Å². The zero-order valence-corrected chi connectivity index (χ0v) is 10.6. The standard InChI is InChI=1S/C11H7N5O2S/c1-6-9(17-5-13-6)10-14-11(18-15-10)7-3-19-8-2-12-4-16(7)8/h2-5H,1H3. The molecular weight excluding hydrogens is 266 g/mol. The van der Waals surface area contributed by atoms with Gasteiger partial charge in [0.2, 0.25) is 5.82 Å². The van der Waals surface area contributed by atoms with Crippen molar-refractivity contribution < 1.29 is 8.94 Å². The number of aryl methyl sites for hydroxylation is 1. The highest BCUT2D eigenvalue weighted by molar-refractivity contribution is 7.15. The second-order valence-electron chi connectivity index (χ2n) is 3.91. The molecule has 0 saturated heterocycles. The molecule has 0 amide bonds. The number of aromatic nitrogens is 5. The molecule has 4 aromatic heterocycles. The summed E-state index contributed by atoms with van der Waals surface area (Å²) in [5, 5.41) is 5.86. The highest BCUT2D eigenvalue weighted by Crippen LogP contribution is 2.27. The maximum atomic E-state index is 5.27. The van der Waals surface area contributed by atoms with Crippen molar-refractivity contribution >= 4 is 16.2 Å². The van der Waals surface area contributed by atoms with Crippen molar-refractivity contribution in [3.63, 3.8) is 0 Å². The van der Waals surface area contributed by atoms with Crippen molar-refractivity contribution in [3.8, 4) is 23.2 Å². The highest BCUT2D eigenvalue weighted by atomic mass is 32.1. The molecule has 19 heavy (non-hydrogen) atoms. The quantitative estimate of drug-likeness (QED) is 0.557. The third-order valence-corrected chi connectivity index (χ3v) is 3.63. The van der Waals surface area contributed by atoms with E-state index in [9.17, 15) is 0 Å². The van der Waals surface area contributed by atoms with Crippen LogP contribution >= 0.6 is 11.3 Å². The number of nitrogens with zero attached hydrogens (tertiary/aromatic N) is 5. The first-order valence-electron chi connectivity index (χ1n) is 5.47. The number of imidazole rings is 1. The molecule has 0 fully saturated rings. The fourth-order valence-corrected chi connectivity index (χ4v) is 2.64. The first-order valence-corrected chi connectivity index (χ1v) is 6.35. The van der Waals surface area contributed by atoms with E-state index in [2.05, 4.69) is 20.1 Å². The Morgan fingerprint density at radius 1 is 1.37 bits per heavy atom. The maximum Gasteiger partial charge on any atom is 0.276 e. The summed E-state index contributed by atoms with van der Waals surface area (Å²) in [6.45, 7) is 1.83. The molecule has 0 N–H and O–H groups in total. The van der Waals surface area contributed by atoms with Crippen molar-refractivity contribution in [2.75, 3.05) is 0 Å². The largest absolute Gasteiger partial charge is 0.440 e. The average molecular weight is 273 g/mol. The van der Waals surface area contributed by atoms with E-state index in [1.54, 1.807) is 23.9 Å². The third-order valence-electron chi connectivity index (χ3n) is 2.75. The van der Waals surface area contributed by atoms with Gasteiger partial charge in [-0.2, -0.15) is 4.98 Å². The van der Waals surface area contributed by atoms with Gasteiger partial charge in [-0.25, -0.2) is 9.97 Å². The monoisotopic (exact) mass is 273 g/mol. The minimum atomic E-state index is 0.393. The molecule has 0 aromatic carbocycles. The molecule has 0 unspecified atom stereocenters. The fourth-order valence-electron chi connectivity index (χ4n) is 1.81. The van der Waals surface area contributed by atoms with Crippen LogP contribution in [0.4, 0.5) is 0 Å². The van der Waals surface area contributed by atoms with Crippen LogP contribution in [0.15, 0.2) is 33.2 Å². The van der Waals surface area contributed by atoms with E-state index in [-0.39, 0.29) is 0 Å². The Hall–Kier alpha value is -2.48. The van der Waals surface area contributed by atoms with Crippen molar-refractivity contribution in [2.45, 2.75) is 6.92 Å². The molecule has 4 heterocycles. The Kier molecular flexibility index (Phi) is 2.06. The summed E-state index contributed by atoms with van der Waals surface area (Å²) in [7, 11) is 0. The summed E-state index contributed by atoms with van der Waals surface area (Å²) in [5.74, 6) is 1.34. The van der Waals surface area contributed by atoms with Gasteiger partial charge in [0, 0.05) is 5.38 Å². The van der Waals surface area contributed by atoms with E-state index >= 15 is 0 Å². The lowest BCUT2D eigenvalue weighted by molar-refractivity contribution is 0.428. The van der Waals surface area contributed by atoms with Crippen LogP contribution in [0.5, 0.6) is 0 Å². The van der Waals surface area contributed by atoms with Gasteiger partial charge in [0.25, 0.3) is 5.89 Å². The van der Waals surface area contributed by atoms with Crippen LogP contribution in [-0.2, 0) is 0 Å². The second kappa shape index (κ2) is 3.75. The van der Waals surface area contributed by atoms with Gasteiger partial charge in [0.05, 0.1) is 11.9 Å². The molecule has 0 saturated carbocycles. The summed E-state index contributed by atoms with van der Waals surface area (Å²) in [4.78, 5) is 13.4. The molecule has 0 spiro atoms. The fraction of sp³-hybridized carbons (Fsp3) is 0.0909. The number of hydrogen-bond acceptors (Lipinski definition) is 7. The predicted molar refractivity (Wildman–Crippen MR) is 66.6 cm³/mol. The zero-order valence-electron chi connectivity index (χ0n) is 9.77. The molecule has 0 aliphatic rings. The lowest BCUT2D eigenvalue weighted by Crippen LogP contribution is -1.85. The van der Waals surface area contributed by atoms with Gasteiger partial charge in [-0.3, -0.25) is 4.40 Å². The summed E-state index contributed by atoms with van der Waals surface area (Å²) in [6, 6.07) is 0. The Morgan fingerprint density at radius 3 is 3.16 bits per heavy atom. The zero-order chi connectivity index (χ0) is 12.8. The van der Waals surface area contributed by atoms with Gasteiger partial charge >= 0.3 is 0 Å². The summed E-state index contributed by atoms with van der Waals surface area (Å²) in [6.07, 6.45) is 4.86. The van der Waals surface area contributed by atoms with E-state index in [0.717, 1.165) is 16.2 Å². The van der Waals surface area contributed by atoms with Crippen LogP contribution in [0, 0.1) is 6.92 Å². The molecule has 8 heteroatoms. The summed E-state index contributed by atoms with van der Waals surface area (Å²) < 4.78 is 12.4. The molecule has 94 valence electrons. The minimum Gasteiger partial charge on any atom is -0.440 e. The number of fused-ring (bicyclic) bond motifs is 1. The molecule has 7 nitrogen and oxygen atoms in total. The number of hydrogen-bond donors (Lipinski definition) is 0. The van der Waals surface area contributed by atoms with Crippen LogP contribution in [0.2, 0.25) is 0 Å². The molecule has 0 atom stereocenters. The Balaban J connectivity index is 1.84. The Bertz CT molecular complexity index is 855. The van der Waals surface area contributed by atoms with E-state index in [1.165, 1.54) is 6.39 Å². The molecular formula is C11H7N5O2S. The van der Waals surface area contributed by atoms with Crippen LogP contribution < -0.4 is 0 Å².